The molecule has 0 radical (unpaired) electrons. The maximum Gasteiger partial charge on any atom is 0.226 e. The summed E-state index contributed by atoms with van der Waals surface area (Å²) in [6.45, 7) is 1.98. The van der Waals surface area contributed by atoms with Crippen LogP contribution >= 0.6 is 0 Å². The minimum absolute atomic E-state index is 0.434. The van der Waals surface area contributed by atoms with Gasteiger partial charge in [-0.25, -0.2) is 0 Å². The highest BCUT2D eigenvalue weighted by Crippen LogP contribution is 2.08. The minimum atomic E-state index is 0.434. The largest absolute Gasteiger partial charge is 0.368 e. The highest BCUT2D eigenvalue weighted by Gasteiger charge is 2.01. The number of pyridine rings is 1. The van der Waals surface area contributed by atoms with Crippen molar-refractivity contribution in [1.82, 2.24) is 14.6 Å². The van der Waals surface area contributed by atoms with Crippen LogP contribution in [-0.2, 0) is 0 Å². The van der Waals surface area contributed by atoms with Gasteiger partial charge >= 0.3 is 0 Å². The van der Waals surface area contributed by atoms with Crippen LogP contribution in [0.15, 0.2) is 18.3 Å². The van der Waals surface area contributed by atoms with Gasteiger partial charge in [0.1, 0.15) is 0 Å². The van der Waals surface area contributed by atoms with Gasteiger partial charge in [-0.2, -0.15) is 0 Å². The van der Waals surface area contributed by atoms with Crippen molar-refractivity contribution in [3.05, 3.63) is 23.9 Å². The Morgan fingerprint density at radius 2 is 2.27 bits per heavy atom. The lowest BCUT2D eigenvalue weighted by Gasteiger charge is -1.94. The summed E-state index contributed by atoms with van der Waals surface area (Å²) in [7, 11) is 0. The molecule has 4 heteroatoms. The smallest absolute Gasteiger partial charge is 0.226 e. The van der Waals surface area contributed by atoms with Crippen LogP contribution < -0.4 is 5.73 Å². The maximum atomic E-state index is 5.53. The van der Waals surface area contributed by atoms with Crippen molar-refractivity contribution < 1.29 is 0 Å². The highest BCUT2D eigenvalue weighted by molar-refractivity contribution is 5.49. The van der Waals surface area contributed by atoms with Crippen LogP contribution in [0.1, 0.15) is 5.56 Å². The summed E-state index contributed by atoms with van der Waals surface area (Å²) in [5.41, 5.74) is 7.44. The fourth-order valence-electron chi connectivity index (χ4n) is 1.07. The molecule has 0 aliphatic heterocycles. The van der Waals surface area contributed by atoms with E-state index in [0.29, 0.717) is 5.95 Å². The van der Waals surface area contributed by atoms with Gasteiger partial charge < -0.3 is 5.73 Å². The second-order valence-corrected chi connectivity index (χ2v) is 2.44. The van der Waals surface area contributed by atoms with Crippen molar-refractivity contribution in [3.8, 4) is 0 Å². The van der Waals surface area contributed by atoms with Crippen LogP contribution in [0.3, 0.4) is 0 Å². The van der Waals surface area contributed by atoms with Crippen molar-refractivity contribution in [2.45, 2.75) is 6.92 Å². The predicted molar refractivity (Wildman–Crippen MR) is 42.1 cm³/mol. The molecule has 0 atom stereocenters. The first-order chi connectivity index (χ1) is 5.29. The summed E-state index contributed by atoms with van der Waals surface area (Å²) in [4.78, 5) is 0. The van der Waals surface area contributed by atoms with Gasteiger partial charge in [0.15, 0.2) is 5.65 Å². The average Bonchev–Trinajstić information content (AvgIpc) is 2.35. The fourth-order valence-corrected chi connectivity index (χ4v) is 1.07. The topological polar surface area (TPSA) is 56.2 Å². The van der Waals surface area contributed by atoms with E-state index in [1.807, 2.05) is 25.3 Å². The molecule has 0 spiro atoms. The molecule has 0 unspecified atom stereocenters. The Kier molecular flexibility index (Phi) is 1.09. The van der Waals surface area contributed by atoms with Gasteiger partial charge in [-0.05, 0) is 18.6 Å². The van der Waals surface area contributed by atoms with E-state index in [1.165, 1.54) is 0 Å². The van der Waals surface area contributed by atoms with E-state index in [1.54, 1.807) is 4.40 Å². The highest BCUT2D eigenvalue weighted by atomic mass is 15.3. The molecule has 2 aromatic rings. The normalized spacial score (nSPS) is 10.6. The van der Waals surface area contributed by atoms with E-state index < -0.39 is 0 Å². The van der Waals surface area contributed by atoms with Crippen molar-refractivity contribution in [2.24, 2.45) is 0 Å². The van der Waals surface area contributed by atoms with Gasteiger partial charge in [0, 0.05) is 6.20 Å². The molecule has 2 rings (SSSR count). The molecule has 0 bridgehead atoms. The zero-order valence-corrected chi connectivity index (χ0v) is 6.15. The Hall–Kier alpha value is -1.58. The average molecular weight is 148 g/mol. The van der Waals surface area contributed by atoms with Crippen molar-refractivity contribution in [3.63, 3.8) is 0 Å². The standard InChI is InChI=1S/C7H8N4/c1-5-3-2-4-11-6(5)9-10-7(11)8/h2-4H,1H3,(H2,8,10). The van der Waals surface area contributed by atoms with Gasteiger partial charge in [-0.15, -0.1) is 10.2 Å². The molecule has 0 saturated heterocycles. The van der Waals surface area contributed by atoms with Crippen LogP contribution in [0.4, 0.5) is 5.95 Å². The van der Waals surface area contributed by atoms with Gasteiger partial charge in [0.25, 0.3) is 0 Å². The van der Waals surface area contributed by atoms with Crippen LogP contribution in [0.25, 0.3) is 5.65 Å². The number of fused-ring (bicyclic) bond motifs is 1. The molecular formula is C7H8N4. The van der Waals surface area contributed by atoms with E-state index in [-0.39, 0.29) is 0 Å². The molecule has 11 heavy (non-hydrogen) atoms. The van der Waals surface area contributed by atoms with Crippen LogP contribution in [0.2, 0.25) is 0 Å². The quantitative estimate of drug-likeness (QED) is 0.595. The van der Waals surface area contributed by atoms with Crippen LogP contribution in [0.5, 0.6) is 0 Å². The molecule has 56 valence electrons. The first-order valence-electron chi connectivity index (χ1n) is 3.35. The zero-order chi connectivity index (χ0) is 7.84. The lowest BCUT2D eigenvalue weighted by molar-refractivity contribution is 1.12. The number of nitrogen functional groups attached to an aromatic ring is 1. The number of anilines is 1. The molecule has 0 saturated carbocycles. The van der Waals surface area contributed by atoms with Gasteiger partial charge in [0.05, 0.1) is 0 Å². The second kappa shape index (κ2) is 1.95. The molecule has 4 nitrogen and oxygen atoms in total. The number of aryl methyl sites for hydroxylation is 1. The first kappa shape index (κ1) is 6.15. The molecule has 0 aliphatic rings. The number of hydrogen-bond donors (Lipinski definition) is 1. The number of hydrogen-bond acceptors (Lipinski definition) is 3. The Morgan fingerprint density at radius 3 is 3.00 bits per heavy atom. The molecule has 2 N–H and O–H groups in total. The van der Waals surface area contributed by atoms with Crippen molar-refractivity contribution in [2.75, 3.05) is 5.73 Å². The lowest BCUT2D eigenvalue weighted by Crippen LogP contribution is -1.93. The van der Waals surface area contributed by atoms with E-state index in [2.05, 4.69) is 10.2 Å². The molecule has 0 aromatic carbocycles. The number of rotatable bonds is 0. The second-order valence-electron chi connectivity index (χ2n) is 2.44. The first-order valence-corrected chi connectivity index (χ1v) is 3.35. The lowest BCUT2D eigenvalue weighted by atomic mass is 10.3. The number of nitrogens with zero attached hydrogens (tertiary/aromatic N) is 3. The summed E-state index contributed by atoms with van der Waals surface area (Å²) in [6.07, 6.45) is 1.84. The Labute approximate surface area is 63.7 Å². The molecule has 2 aromatic heterocycles. The van der Waals surface area contributed by atoms with Crippen molar-refractivity contribution >= 4 is 11.6 Å². The Bertz CT molecular complexity index is 390. The summed E-state index contributed by atoms with van der Waals surface area (Å²) in [5.74, 6) is 0.434. The van der Waals surface area contributed by atoms with Crippen LogP contribution in [0, 0.1) is 6.92 Å². The van der Waals surface area contributed by atoms with Gasteiger partial charge in [-0.1, -0.05) is 6.07 Å². The molecule has 0 fully saturated rings. The van der Waals surface area contributed by atoms with Gasteiger partial charge in [-0.3, -0.25) is 4.40 Å². The third-order valence-electron chi connectivity index (χ3n) is 1.66. The Balaban J connectivity index is 2.94. The molecular weight excluding hydrogens is 140 g/mol. The minimum Gasteiger partial charge on any atom is -0.368 e. The molecule has 2 heterocycles. The van der Waals surface area contributed by atoms with E-state index in [4.69, 9.17) is 5.73 Å². The van der Waals surface area contributed by atoms with Gasteiger partial charge in [0.2, 0.25) is 5.95 Å². The molecule has 0 amide bonds. The fraction of sp³-hybridized carbons (Fsp3) is 0.143. The number of aromatic nitrogens is 3. The summed E-state index contributed by atoms with van der Waals surface area (Å²) >= 11 is 0. The van der Waals surface area contributed by atoms with E-state index in [9.17, 15) is 0 Å². The number of nitrogens with two attached hydrogens (primary N) is 1. The Morgan fingerprint density at radius 1 is 1.45 bits per heavy atom. The predicted octanol–water partition coefficient (Wildman–Crippen LogP) is 0.620. The zero-order valence-electron chi connectivity index (χ0n) is 6.15. The van der Waals surface area contributed by atoms with E-state index >= 15 is 0 Å². The molecule has 0 aliphatic carbocycles. The summed E-state index contributed by atoms with van der Waals surface area (Å²) in [5, 5.41) is 7.65. The van der Waals surface area contributed by atoms with E-state index in [0.717, 1.165) is 11.2 Å². The SMILES string of the molecule is Cc1cccn2c(N)nnc12. The van der Waals surface area contributed by atoms with Crippen molar-refractivity contribution in [1.29, 1.82) is 0 Å². The third kappa shape index (κ3) is 0.756. The summed E-state index contributed by atoms with van der Waals surface area (Å²) in [6, 6.07) is 3.89. The summed E-state index contributed by atoms with van der Waals surface area (Å²) < 4.78 is 1.76. The van der Waals surface area contributed by atoms with Crippen LogP contribution in [-0.4, -0.2) is 14.6 Å². The third-order valence-corrected chi connectivity index (χ3v) is 1.66. The maximum absolute atomic E-state index is 5.53. The monoisotopic (exact) mass is 148 g/mol.